The number of hydrogen-bond donors (Lipinski definition) is 0. The van der Waals surface area contributed by atoms with Crippen molar-refractivity contribution in [2.45, 2.75) is 102 Å². The van der Waals surface area contributed by atoms with Crippen LogP contribution >= 0.6 is 0 Å². The second kappa shape index (κ2) is 10.9. The van der Waals surface area contributed by atoms with Crippen LogP contribution in [-0.2, 0) is 10.8 Å². The van der Waals surface area contributed by atoms with Crippen LogP contribution in [0.2, 0.25) is 13.1 Å². The Balaban J connectivity index is 1.58. The highest BCUT2D eigenvalue weighted by Crippen LogP contribution is 2.58. The lowest BCUT2D eigenvalue weighted by Crippen LogP contribution is -2.42. The van der Waals surface area contributed by atoms with Crippen LogP contribution in [0.15, 0.2) is 71.9 Å². The van der Waals surface area contributed by atoms with Gasteiger partial charge in [-0.3, -0.25) is 0 Å². The molecule has 4 aliphatic rings. The minimum absolute atomic E-state index is 0.0426. The predicted octanol–water partition coefficient (Wildman–Crippen LogP) is 11.2. The van der Waals surface area contributed by atoms with Crippen LogP contribution in [0.4, 0.5) is 0 Å². The summed E-state index contributed by atoms with van der Waals surface area (Å²) in [7, 11) is 1.60. The van der Waals surface area contributed by atoms with Crippen LogP contribution in [-0.4, -0.2) is 22.3 Å². The molecular formula is C42H52O2Si. The molecule has 0 saturated heterocycles. The number of allylic oxidation sites excluding steroid dienone is 10. The van der Waals surface area contributed by atoms with Gasteiger partial charge in [0.2, 0.25) is 0 Å². The highest BCUT2D eigenvalue weighted by Gasteiger charge is 2.49. The Hall–Kier alpha value is -3.30. The van der Waals surface area contributed by atoms with E-state index in [1.54, 1.807) is 0 Å². The van der Waals surface area contributed by atoms with Crippen molar-refractivity contribution >= 4 is 20.2 Å². The molecule has 2 aromatic rings. The van der Waals surface area contributed by atoms with Gasteiger partial charge in [-0.1, -0.05) is 139 Å². The van der Waals surface area contributed by atoms with E-state index in [0.29, 0.717) is 11.1 Å². The Kier molecular flexibility index (Phi) is 7.67. The highest BCUT2D eigenvalue weighted by atomic mass is 28.3. The molecule has 45 heavy (non-hydrogen) atoms. The van der Waals surface area contributed by atoms with Crippen LogP contribution in [0, 0.1) is 0 Å². The summed E-state index contributed by atoms with van der Waals surface area (Å²) >= 11 is 0. The van der Waals surface area contributed by atoms with Gasteiger partial charge in [0.05, 0.1) is 22.3 Å². The van der Waals surface area contributed by atoms with E-state index in [-0.39, 0.29) is 22.7 Å². The maximum absolute atomic E-state index is 6.27. The number of rotatable bonds is 6. The van der Waals surface area contributed by atoms with Gasteiger partial charge in [-0.25, -0.2) is 0 Å². The lowest BCUT2D eigenvalue weighted by Gasteiger charge is -2.40. The molecular weight excluding hydrogens is 565 g/mol. The Bertz CT molecular complexity index is 1590. The van der Waals surface area contributed by atoms with Crippen molar-refractivity contribution in [2.75, 3.05) is 14.2 Å². The summed E-state index contributed by atoms with van der Waals surface area (Å²) in [6.07, 6.45) is 23.0. The highest BCUT2D eigenvalue weighted by molar-refractivity contribution is 6.81. The fraction of sp³-hybridized carbons (Fsp3) is 0.429. The van der Waals surface area contributed by atoms with Gasteiger partial charge in [-0.15, -0.1) is 0 Å². The lowest BCUT2D eigenvalue weighted by atomic mass is 9.80. The Morgan fingerprint density at radius 1 is 0.578 bits per heavy atom. The molecule has 0 fully saturated rings. The van der Waals surface area contributed by atoms with Crippen molar-refractivity contribution in [1.29, 1.82) is 0 Å². The summed E-state index contributed by atoms with van der Waals surface area (Å²) < 4.78 is 12.5. The first kappa shape index (κ1) is 31.7. The van der Waals surface area contributed by atoms with E-state index in [0.717, 1.165) is 11.5 Å². The summed E-state index contributed by atoms with van der Waals surface area (Å²) in [5.41, 5.74) is 14.8. The molecule has 3 heteroatoms. The fourth-order valence-corrected chi connectivity index (χ4v) is 13.9. The smallest absolute Gasteiger partial charge is 0.127 e. The van der Waals surface area contributed by atoms with Crippen LogP contribution in [0.3, 0.4) is 0 Å². The number of methoxy groups -OCH3 is 2. The van der Waals surface area contributed by atoms with Crippen molar-refractivity contribution in [3.05, 3.63) is 116 Å². The maximum Gasteiger partial charge on any atom is 0.127 e. The summed E-state index contributed by atoms with van der Waals surface area (Å²) in [6.45, 7) is 24.0. The Labute approximate surface area is 273 Å². The molecule has 2 nitrogen and oxygen atoms in total. The van der Waals surface area contributed by atoms with E-state index in [4.69, 9.17) is 9.47 Å². The first-order chi connectivity index (χ1) is 21.1. The number of benzene rings is 2. The van der Waals surface area contributed by atoms with Gasteiger partial charge in [0.15, 0.2) is 0 Å². The third-order valence-electron chi connectivity index (χ3n) is 10.7. The number of hydrogen-bond acceptors (Lipinski definition) is 2. The lowest BCUT2D eigenvalue weighted by molar-refractivity contribution is 0.392. The third-order valence-corrected chi connectivity index (χ3v) is 15.2. The maximum atomic E-state index is 6.27. The van der Waals surface area contributed by atoms with Crippen LogP contribution in [0.25, 0.3) is 12.2 Å². The summed E-state index contributed by atoms with van der Waals surface area (Å²) in [5, 5.41) is 0. The van der Waals surface area contributed by atoms with E-state index in [1.807, 2.05) is 14.2 Å². The van der Waals surface area contributed by atoms with Crippen molar-refractivity contribution < 1.29 is 9.47 Å². The number of fused-ring (bicyclic) bond motifs is 2. The SMILES string of the molecule is COc1c(C(C)(C)C)cc2c(c1C1C=CC=C1)C=C(C)C2[Si](C)(C)C1C(C)=Cc2c1cc(C(C)(C)C)c(OC)c2C1C=CC=C1. The van der Waals surface area contributed by atoms with Crippen LogP contribution in [0.5, 0.6) is 11.5 Å². The summed E-state index contributed by atoms with van der Waals surface area (Å²) in [4.78, 5) is 0. The zero-order valence-electron chi connectivity index (χ0n) is 29.6. The minimum Gasteiger partial charge on any atom is -0.496 e. The van der Waals surface area contributed by atoms with Gasteiger partial charge < -0.3 is 9.47 Å². The molecule has 0 spiro atoms. The molecule has 0 amide bonds. The van der Waals surface area contributed by atoms with Crippen molar-refractivity contribution in [1.82, 2.24) is 0 Å². The monoisotopic (exact) mass is 616 g/mol. The van der Waals surface area contributed by atoms with E-state index < -0.39 is 8.07 Å². The predicted molar refractivity (Wildman–Crippen MR) is 196 cm³/mol. The molecule has 0 saturated carbocycles. The second-order valence-electron chi connectivity index (χ2n) is 16.3. The minimum atomic E-state index is -2.10. The van der Waals surface area contributed by atoms with Crippen molar-refractivity contribution in [3.63, 3.8) is 0 Å². The molecule has 2 atom stereocenters. The van der Waals surface area contributed by atoms with E-state index in [2.05, 4.69) is 141 Å². The summed E-state index contributed by atoms with van der Waals surface area (Å²) in [6, 6.07) is 5.05. The van der Waals surface area contributed by atoms with Gasteiger partial charge in [0.1, 0.15) is 11.5 Å². The normalized spacial score (nSPS) is 21.1. The molecule has 6 rings (SSSR count). The first-order valence-corrected chi connectivity index (χ1v) is 19.8. The Morgan fingerprint density at radius 3 is 1.20 bits per heavy atom. The van der Waals surface area contributed by atoms with E-state index in [9.17, 15) is 0 Å². The molecule has 0 heterocycles. The molecule has 0 bridgehead atoms. The van der Waals surface area contributed by atoms with Gasteiger partial charge >= 0.3 is 0 Å². The van der Waals surface area contributed by atoms with Crippen molar-refractivity contribution in [3.8, 4) is 11.5 Å². The van der Waals surface area contributed by atoms with Gasteiger partial charge in [0, 0.05) is 45.2 Å². The topological polar surface area (TPSA) is 18.5 Å². The van der Waals surface area contributed by atoms with Gasteiger partial charge in [-0.05, 0) is 46.9 Å². The van der Waals surface area contributed by atoms with Gasteiger partial charge in [0.25, 0.3) is 0 Å². The van der Waals surface area contributed by atoms with E-state index in [1.165, 1.54) is 55.7 Å². The molecule has 2 unspecified atom stereocenters. The van der Waals surface area contributed by atoms with E-state index >= 15 is 0 Å². The zero-order chi connectivity index (χ0) is 32.6. The van der Waals surface area contributed by atoms with Crippen molar-refractivity contribution in [2.24, 2.45) is 0 Å². The largest absolute Gasteiger partial charge is 0.496 e. The molecule has 236 valence electrons. The molecule has 0 aromatic heterocycles. The average molecular weight is 617 g/mol. The molecule has 0 N–H and O–H groups in total. The van der Waals surface area contributed by atoms with Crippen LogP contribution in [0.1, 0.15) is 123 Å². The second-order valence-corrected chi connectivity index (χ2v) is 21.1. The van der Waals surface area contributed by atoms with Gasteiger partial charge in [-0.2, -0.15) is 0 Å². The zero-order valence-corrected chi connectivity index (χ0v) is 30.6. The molecule has 0 aliphatic heterocycles. The fourth-order valence-electron chi connectivity index (χ4n) is 8.96. The molecule has 4 aliphatic carbocycles. The quantitative estimate of drug-likeness (QED) is 0.301. The first-order valence-electron chi connectivity index (χ1n) is 16.7. The standard InChI is InChI=1S/C42H52O2Si/c1-25-21-29-31(23-33(41(3,4)5)37(43-9)35(29)27-17-13-14-18-27)39(25)45(11,12)40-26(2)22-30-32(40)24-34(42(6,7)8)38(44-10)36(30)28-19-15-16-20-28/h13-24,27-28,39-40H,1-12H3. The molecule has 0 radical (unpaired) electrons. The average Bonchev–Trinajstić information content (AvgIpc) is 3.75. The third kappa shape index (κ3) is 4.97. The van der Waals surface area contributed by atoms with Crippen LogP contribution < -0.4 is 9.47 Å². The summed E-state index contributed by atoms with van der Waals surface area (Å²) in [5.74, 6) is 2.57. The molecule has 2 aromatic carbocycles. The Morgan fingerprint density at radius 2 is 0.911 bits per heavy atom. The number of ether oxygens (including phenoxy) is 2.